The minimum Gasteiger partial charge on any atom is -0.314 e. The first-order chi connectivity index (χ1) is 9.09. The first-order valence-electron chi connectivity index (χ1n) is 6.98. The van der Waals surface area contributed by atoms with Crippen molar-refractivity contribution in [1.82, 2.24) is 10.2 Å². The summed E-state index contributed by atoms with van der Waals surface area (Å²) < 4.78 is 15.1. The van der Waals surface area contributed by atoms with E-state index in [4.69, 9.17) is 0 Å². The summed E-state index contributed by atoms with van der Waals surface area (Å²) in [5.41, 5.74) is 0.818. The third kappa shape index (κ3) is 3.77. The predicted octanol–water partition coefficient (Wildman–Crippen LogP) is 3.58. The van der Waals surface area contributed by atoms with Gasteiger partial charge in [0.05, 0.1) is 0 Å². The van der Waals surface area contributed by atoms with Crippen LogP contribution in [0.5, 0.6) is 0 Å². The predicted molar refractivity (Wildman–Crippen MR) is 80.7 cm³/mol. The van der Waals surface area contributed by atoms with Gasteiger partial charge in [0.15, 0.2) is 0 Å². The van der Waals surface area contributed by atoms with Crippen molar-refractivity contribution < 1.29 is 4.39 Å². The van der Waals surface area contributed by atoms with Crippen LogP contribution in [0.25, 0.3) is 0 Å². The smallest absolute Gasteiger partial charge is 0.129 e. The molecule has 1 aliphatic rings. The van der Waals surface area contributed by atoms with Gasteiger partial charge in [0.1, 0.15) is 5.82 Å². The number of hydrogen-bond donors (Lipinski definition) is 1. The Kier molecular flexibility index (Phi) is 5.37. The molecule has 0 aromatic heterocycles. The van der Waals surface area contributed by atoms with Gasteiger partial charge in [0.25, 0.3) is 0 Å². The fourth-order valence-corrected chi connectivity index (χ4v) is 3.33. The molecule has 1 aromatic rings. The molecule has 1 N–H and O–H groups in total. The molecule has 0 bridgehead atoms. The topological polar surface area (TPSA) is 15.3 Å². The van der Waals surface area contributed by atoms with Gasteiger partial charge < -0.3 is 5.32 Å². The zero-order valence-corrected chi connectivity index (χ0v) is 13.2. The van der Waals surface area contributed by atoms with Gasteiger partial charge in [-0.15, -0.1) is 0 Å². The molecular formula is C15H22BrFN2. The van der Waals surface area contributed by atoms with Crippen LogP contribution in [0.15, 0.2) is 22.7 Å². The van der Waals surface area contributed by atoms with Crippen molar-refractivity contribution in [3.8, 4) is 0 Å². The molecule has 1 aromatic carbocycles. The maximum atomic E-state index is 14.2. The summed E-state index contributed by atoms with van der Waals surface area (Å²) >= 11 is 3.52. The van der Waals surface area contributed by atoms with E-state index in [1.165, 1.54) is 0 Å². The van der Waals surface area contributed by atoms with Crippen molar-refractivity contribution in [1.29, 1.82) is 0 Å². The molecular weight excluding hydrogens is 307 g/mol. The van der Waals surface area contributed by atoms with E-state index < -0.39 is 0 Å². The van der Waals surface area contributed by atoms with Crippen LogP contribution in [0.3, 0.4) is 0 Å². The summed E-state index contributed by atoms with van der Waals surface area (Å²) in [4.78, 5) is 2.40. The first kappa shape index (κ1) is 14.9. The number of halogens is 2. The second kappa shape index (κ2) is 6.82. The van der Waals surface area contributed by atoms with E-state index in [0.717, 1.165) is 42.6 Å². The van der Waals surface area contributed by atoms with Crippen molar-refractivity contribution in [3.05, 3.63) is 34.1 Å². The van der Waals surface area contributed by atoms with Gasteiger partial charge in [-0.05, 0) is 24.5 Å². The Morgan fingerprint density at radius 3 is 2.58 bits per heavy atom. The highest BCUT2D eigenvalue weighted by molar-refractivity contribution is 9.10. The second-order valence-corrected chi connectivity index (χ2v) is 6.42. The van der Waals surface area contributed by atoms with Crippen LogP contribution >= 0.6 is 15.9 Å². The van der Waals surface area contributed by atoms with Crippen LogP contribution in [0, 0.1) is 11.7 Å². The lowest BCUT2D eigenvalue weighted by Gasteiger charge is -2.36. The van der Waals surface area contributed by atoms with Crippen molar-refractivity contribution in [2.24, 2.45) is 5.92 Å². The summed E-state index contributed by atoms with van der Waals surface area (Å²) in [6.07, 6.45) is 0.986. The summed E-state index contributed by atoms with van der Waals surface area (Å²) in [7, 11) is 0. The molecule has 1 aliphatic heterocycles. The molecule has 4 heteroatoms. The van der Waals surface area contributed by atoms with Crippen LogP contribution in [0.2, 0.25) is 0 Å². The number of rotatable bonds is 4. The van der Waals surface area contributed by atoms with E-state index in [2.05, 4.69) is 40.0 Å². The summed E-state index contributed by atoms with van der Waals surface area (Å²) in [5.74, 6) is 0.449. The standard InChI is InChI=1S/C15H22BrFN2/c1-11(2)10-14(19-8-6-18-7-9-19)15-12(16)4-3-5-13(15)17/h3-5,11,14,18H,6-10H2,1-2H3/t14-/m1/s1. The van der Waals surface area contributed by atoms with Crippen LogP contribution in [-0.2, 0) is 0 Å². The molecule has 1 heterocycles. The SMILES string of the molecule is CC(C)C[C@H](c1c(F)cccc1Br)N1CCNCC1. The number of benzene rings is 1. The Morgan fingerprint density at radius 1 is 1.32 bits per heavy atom. The number of piperazine rings is 1. The summed E-state index contributed by atoms with van der Waals surface area (Å²) in [5, 5.41) is 3.36. The maximum absolute atomic E-state index is 14.2. The fourth-order valence-electron chi connectivity index (χ4n) is 2.72. The van der Waals surface area contributed by atoms with E-state index >= 15 is 0 Å². The molecule has 0 amide bonds. The first-order valence-corrected chi connectivity index (χ1v) is 7.77. The van der Waals surface area contributed by atoms with Gasteiger partial charge in [-0.1, -0.05) is 35.8 Å². The Morgan fingerprint density at radius 2 is 2.00 bits per heavy atom. The summed E-state index contributed by atoms with van der Waals surface area (Å²) in [6.45, 7) is 8.34. The van der Waals surface area contributed by atoms with Gasteiger partial charge in [0.2, 0.25) is 0 Å². The van der Waals surface area contributed by atoms with Gasteiger partial charge in [-0.2, -0.15) is 0 Å². The van der Waals surface area contributed by atoms with Crippen LogP contribution in [-0.4, -0.2) is 31.1 Å². The van der Waals surface area contributed by atoms with E-state index in [0.29, 0.717) is 5.92 Å². The molecule has 0 saturated carbocycles. The second-order valence-electron chi connectivity index (χ2n) is 5.57. The van der Waals surface area contributed by atoms with Crippen LogP contribution < -0.4 is 5.32 Å². The Bertz CT molecular complexity index is 396. The average Bonchev–Trinajstić information content (AvgIpc) is 2.38. The lowest BCUT2D eigenvalue weighted by molar-refractivity contribution is 0.150. The van der Waals surface area contributed by atoms with Crippen molar-refractivity contribution in [2.75, 3.05) is 26.2 Å². The number of hydrogen-bond acceptors (Lipinski definition) is 2. The van der Waals surface area contributed by atoms with E-state index in [1.54, 1.807) is 12.1 Å². The van der Waals surface area contributed by atoms with Gasteiger partial charge >= 0.3 is 0 Å². The molecule has 2 rings (SSSR count). The van der Waals surface area contributed by atoms with Gasteiger partial charge in [0, 0.05) is 42.3 Å². The lowest BCUT2D eigenvalue weighted by Crippen LogP contribution is -2.45. The van der Waals surface area contributed by atoms with Crippen molar-refractivity contribution in [2.45, 2.75) is 26.3 Å². The molecule has 19 heavy (non-hydrogen) atoms. The normalized spacial score (nSPS) is 18.8. The maximum Gasteiger partial charge on any atom is 0.129 e. The molecule has 0 unspecified atom stereocenters. The zero-order chi connectivity index (χ0) is 13.8. The highest BCUT2D eigenvalue weighted by Crippen LogP contribution is 2.34. The molecule has 1 atom stereocenters. The van der Waals surface area contributed by atoms with Gasteiger partial charge in [-0.3, -0.25) is 4.90 Å². The van der Waals surface area contributed by atoms with Crippen molar-refractivity contribution in [3.63, 3.8) is 0 Å². The zero-order valence-electron chi connectivity index (χ0n) is 11.6. The highest BCUT2D eigenvalue weighted by atomic mass is 79.9. The third-order valence-corrected chi connectivity index (χ3v) is 4.31. The van der Waals surface area contributed by atoms with E-state index in [-0.39, 0.29) is 11.9 Å². The third-order valence-electron chi connectivity index (χ3n) is 3.62. The summed E-state index contributed by atoms with van der Waals surface area (Å²) in [6, 6.07) is 5.43. The van der Waals surface area contributed by atoms with E-state index in [1.807, 2.05) is 6.07 Å². The molecule has 1 saturated heterocycles. The fraction of sp³-hybridized carbons (Fsp3) is 0.600. The highest BCUT2D eigenvalue weighted by Gasteiger charge is 2.26. The van der Waals surface area contributed by atoms with Crippen LogP contribution in [0.4, 0.5) is 4.39 Å². The monoisotopic (exact) mass is 328 g/mol. The molecule has 1 fully saturated rings. The Hall–Kier alpha value is -0.450. The minimum absolute atomic E-state index is 0.0986. The molecule has 2 nitrogen and oxygen atoms in total. The number of nitrogens with one attached hydrogen (secondary N) is 1. The number of nitrogens with zero attached hydrogens (tertiary/aromatic N) is 1. The van der Waals surface area contributed by atoms with Gasteiger partial charge in [-0.25, -0.2) is 4.39 Å². The quantitative estimate of drug-likeness (QED) is 0.908. The molecule has 0 spiro atoms. The molecule has 106 valence electrons. The minimum atomic E-state index is -0.0986. The Labute approximate surface area is 123 Å². The largest absolute Gasteiger partial charge is 0.314 e. The average molecular weight is 329 g/mol. The Balaban J connectivity index is 2.30. The lowest BCUT2D eigenvalue weighted by atomic mass is 9.94. The van der Waals surface area contributed by atoms with Crippen LogP contribution in [0.1, 0.15) is 31.9 Å². The van der Waals surface area contributed by atoms with Crippen molar-refractivity contribution >= 4 is 15.9 Å². The molecule has 0 radical (unpaired) electrons. The van der Waals surface area contributed by atoms with E-state index in [9.17, 15) is 4.39 Å². The molecule has 0 aliphatic carbocycles.